The van der Waals surface area contributed by atoms with Gasteiger partial charge in [-0.2, -0.15) is 0 Å². The van der Waals surface area contributed by atoms with Crippen LogP contribution in [0.4, 0.5) is 0 Å². The molecule has 0 saturated carbocycles. The minimum absolute atomic E-state index is 0.0105. The molecule has 1 aliphatic heterocycles. The first kappa shape index (κ1) is 36.3. The van der Waals surface area contributed by atoms with Gasteiger partial charge in [-0.15, -0.1) is 0 Å². The molecule has 2 unspecified atom stereocenters. The van der Waals surface area contributed by atoms with Crippen LogP contribution >= 0.6 is 0 Å². The monoisotopic (exact) mass is 626 g/mol. The largest absolute Gasteiger partial charge is 0.480 e. The summed E-state index contributed by atoms with van der Waals surface area (Å²) in [6.45, 7) is 4.96. The third kappa shape index (κ3) is 11.3. The fourth-order valence-electron chi connectivity index (χ4n) is 4.25. The van der Waals surface area contributed by atoms with Crippen LogP contribution in [0.25, 0.3) is 0 Å². The highest BCUT2D eigenvalue weighted by atomic mass is 16.4. The number of amides is 5. The third-order valence-electron chi connectivity index (χ3n) is 7.48. The number of hydrogen-bond donors (Lipinski definition) is 5. The maximum atomic E-state index is 12.7. The number of carbonyl (C=O) groups is 7. The Kier molecular flexibility index (Phi) is 13.6. The number of ketones is 1. The van der Waals surface area contributed by atoms with E-state index in [0.29, 0.717) is 0 Å². The Morgan fingerprint density at radius 2 is 1.76 bits per heavy atom. The van der Waals surface area contributed by atoms with Crippen LogP contribution in [0.2, 0.25) is 0 Å². The minimum Gasteiger partial charge on any atom is -0.480 e. The second-order valence-corrected chi connectivity index (χ2v) is 11.3. The number of likely N-dealkylation sites (N-methyl/N-ethyl adjacent to an activating group) is 1. The highest BCUT2D eigenvalue weighted by molar-refractivity contribution is 6.04. The fourth-order valence-corrected chi connectivity index (χ4v) is 4.25. The van der Waals surface area contributed by atoms with Crippen molar-refractivity contribution in [1.29, 1.82) is 0 Å². The molecule has 1 aromatic rings. The molecule has 1 aliphatic rings. The highest BCUT2D eigenvalue weighted by Gasteiger charge is 2.34. The Hall–Kier alpha value is -4.85. The van der Waals surface area contributed by atoms with Crippen LogP contribution in [-0.2, 0) is 39.0 Å². The molecule has 14 nitrogen and oxygen atoms in total. The molecule has 2 atom stereocenters. The molecule has 0 fully saturated rings. The van der Waals surface area contributed by atoms with Gasteiger partial charge in [0.05, 0.1) is 19.1 Å². The van der Waals surface area contributed by atoms with Crippen LogP contribution in [0.3, 0.4) is 0 Å². The molecule has 0 saturated heterocycles. The van der Waals surface area contributed by atoms with Crippen molar-refractivity contribution in [3.63, 3.8) is 0 Å². The Bertz CT molecular complexity index is 1340. The molecule has 244 valence electrons. The lowest BCUT2D eigenvalue weighted by Crippen LogP contribution is -2.53. The molecular weight excluding hydrogens is 584 g/mol. The van der Waals surface area contributed by atoms with E-state index in [2.05, 4.69) is 16.0 Å². The van der Waals surface area contributed by atoms with E-state index in [-0.39, 0.29) is 62.8 Å². The van der Waals surface area contributed by atoms with Crippen LogP contribution in [0, 0.1) is 0 Å². The lowest BCUT2D eigenvalue weighted by molar-refractivity contribution is -0.141. The van der Waals surface area contributed by atoms with Gasteiger partial charge in [-0.3, -0.25) is 28.8 Å². The summed E-state index contributed by atoms with van der Waals surface area (Å²) < 4.78 is 0. The molecule has 0 spiro atoms. The first-order valence-corrected chi connectivity index (χ1v) is 14.4. The van der Waals surface area contributed by atoms with Crippen molar-refractivity contribution in [3.05, 3.63) is 59.7 Å². The van der Waals surface area contributed by atoms with Gasteiger partial charge in [-0.05, 0) is 25.0 Å². The molecule has 6 N–H and O–H groups in total. The summed E-state index contributed by atoms with van der Waals surface area (Å²) in [7, 11) is 1.48. The highest BCUT2D eigenvalue weighted by Crippen LogP contribution is 2.25. The molecule has 2 rings (SSSR count). The Balaban J connectivity index is 1.78. The first-order valence-electron chi connectivity index (χ1n) is 14.4. The summed E-state index contributed by atoms with van der Waals surface area (Å²) in [5.41, 5.74) is 6.54. The SMILES string of the molecule is C/C(=C\CN(C)C(=O)CNC(=O)C(N)C(C)(C)c1ccccc1)C(=O)NC(CCC(=O)NCCN1CC(=O)C=CC1=O)C(=O)O. The number of nitrogens with two attached hydrogens (primary N) is 1. The smallest absolute Gasteiger partial charge is 0.326 e. The molecule has 1 heterocycles. The summed E-state index contributed by atoms with van der Waals surface area (Å²) in [5, 5.41) is 17.0. The summed E-state index contributed by atoms with van der Waals surface area (Å²) in [5.74, 6) is -3.98. The van der Waals surface area contributed by atoms with Crippen LogP contribution in [0.15, 0.2) is 54.1 Å². The Morgan fingerprint density at radius 1 is 1.09 bits per heavy atom. The van der Waals surface area contributed by atoms with Gasteiger partial charge in [0.15, 0.2) is 5.78 Å². The second kappa shape index (κ2) is 16.9. The van der Waals surface area contributed by atoms with Crippen molar-refractivity contribution >= 4 is 41.3 Å². The predicted molar refractivity (Wildman–Crippen MR) is 164 cm³/mol. The summed E-state index contributed by atoms with van der Waals surface area (Å²) in [6.07, 6.45) is 3.39. The molecule has 0 aliphatic carbocycles. The number of nitrogens with zero attached hydrogens (tertiary/aromatic N) is 2. The topological polar surface area (TPSA) is 208 Å². The Morgan fingerprint density at radius 3 is 2.40 bits per heavy atom. The van der Waals surface area contributed by atoms with Crippen molar-refractivity contribution in [2.24, 2.45) is 5.73 Å². The predicted octanol–water partition coefficient (Wildman–Crippen LogP) is -0.754. The van der Waals surface area contributed by atoms with Crippen LogP contribution in [0.5, 0.6) is 0 Å². The lowest BCUT2D eigenvalue weighted by Gasteiger charge is -2.31. The maximum absolute atomic E-state index is 12.7. The zero-order valence-electron chi connectivity index (χ0n) is 26.0. The number of carboxylic acid groups (broad SMARTS) is 1. The minimum atomic E-state index is -1.35. The first-order chi connectivity index (χ1) is 21.1. The Labute approximate surface area is 262 Å². The van der Waals surface area contributed by atoms with E-state index in [9.17, 15) is 38.7 Å². The average Bonchev–Trinajstić information content (AvgIpc) is 3.01. The van der Waals surface area contributed by atoms with Gasteiger partial charge in [0.1, 0.15) is 6.04 Å². The van der Waals surface area contributed by atoms with E-state index in [1.165, 1.54) is 35.9 Å². The number of nitrogens with one attached hydrogen (secondary N) is 3. The maximum Gasteiger partial charge on any atom is 0.326 e. The summed E-state index contributed by atoms with van der Waals surface area (Å²) >= 11 is 0. The molecule has 0 bridgehead atoms. The zero-order chi connectivity index (χ0) is 33.7. The normalized spacial score (nSPS) is 14.8. The van der Waals surface area contributed by atoms with Crippen LogP contribution < -0.4 is 21.7 Å². The van der Waals surface area contributed by atoms with Crippen molar-refractivity contribution < 1.29 is 38.7 Å². The van der Waals surface area contributed by atoms with E-state index < -0.39 is 47.1 Å². The van der Waals surface area contributed by atoms with E-state index >= 15 is 0 Å². The molecular formula is C31H42N6O8. The lowest BCUT2D eigenvalue weighted by atomic mass is 9.78. The number of rotatable bonds is 16. The molecule has 0 radical (unpaired) electrons. The number of carbonyl (C=O) groups excluding carboxylic acids is 6. The molecule has 1 aromatic carbocycles. The van der Waals surface area contributed by atoms with Gasteiger partial charge in [0.25, 0.3) is 0 Å². The van der Waals surface area contributed by atoms with E-state index in [1.54, 1.807) is 0 Å². The average molecular weight is 627 g/mol. The number of hydrogen-bond acceptors (Lipinski definition) is 8. The summed E-state index contributed by atoms with van der Waals surface area (Å²) in [4.78, 5) is 87.5. The number of benzene rings is 1. The van der Waals surface area contributed by atoms with Gasteiger partial charge in [-0.1, -0.05) is 50.3 Å². The van der Waals surface area contributed by atoms with Gasteiger partial charge < -0.3 is 36.6 Å². The van der Waals surface area contributed by atoms with Crippen molar-refractivity contribution in [2.75, 3.05) is 39.8 Å². The zero-order valence-corrected chi connectivity index (χ0v) is 26.0. The fraction of sp³-hybridized carbons (Fsp3) is 0.452. The van der Waals surface area contributed by atoms with Crippen LogP contribution in [0.1, 0.15) is 39.2 Å². The van der Waals surface area contributed by atoms with Gasteiger partial charge in [0, 0.05) is 50.2 Å². The van der Waals surface area contributed by atoms with Gasteiger partial charge in [-0.25, -0.2) is 4.79 Å². The van der Waals surface area contributed by atoms with Crippen molar-refractivity contribution in [3.8, 4) is 0 Å². The standard InChI is InChI=1S/C31H42N6O8/c1-20(14-16-36(4)26(41)18-34-29(43)27(32)31(2,3)21-8-6-5-7-9-21)28(42)35-23(30(44)45)11-12-24(39)33-15-17-37-19-22(38)10-13-25(37)40/h5-10,13-14,23,27H,11-12,15-19,32H2,1-4H3,(H,33,39)(H,34,43)(H,35,42)(H,44,45)/b20-14+. The molecule has 45 heavy (non-hydrogen) atoms. The van der Waals surface area contributed by atoms with E-state index in [0.717, 1.165) is 11.6 Å². The van der Waals surface area contributed by atoms with Crippen molar-refractivity contribution in [1.82, 2.24) is 25.8 Å². The van der Waals surface area contributed by atoms with Crippen LogP contribution in [-0.4, -0.2) is 108 Å². The van der Waals surface area contributed by atoms with Gasteiger partial charge >= 0.3 is 5.97 Å². The number of carboxylic acids is 1. The molecule has 14 heteroatoms. The van der Waals surface area contributed by atoms with Crippen molar-refractivity contribution in [2.45, 2.75) is 51.1 Å². The molecule has 0 aromatic heterocycles. The number of aliphatic carboxylic acids is 1. The van der Waals surface area contributed by atoms with Gasteiger partial charge in [0.2, 0.25) is 29.5 Å². The van der Waals surface area contributed by atoms with E-state index in [1.807, 2.05) is 44.2 Å². The summed E-state index contributed by atoms with van der Waals surface area (Å²) in [6, 6.07) is 7.06. The second-order valence-electron chi connectivity index (χ2n) is 11.3. The van der Waals surface area contributed by atoms with E-state index in [4.69, 9.17) is 5.73 Å². The third-order valence-corrected chi connectivity index (χ3v) is 7.48. The quantitative estimate of drug-likeness (QED) is 0.146. The molecule has 5 amide bonds.